The van der Waals surface area contributed by atoms with Crippen molar-refractivity contribution >= 4 is 34.9 Å². The maximum atomic E-state index is 11.4. The van der Waals surface area contributed by atoms with Crippen molar-refractivity contribution < 1.29 is 9.59 Å². The SMILES string of the molecule is O=C1CC2=CC(C(=O)CCl)=CC(Cl)C2N1. The van der Waals surface area contributed by atoms with Crippen molar-refractivity contribution in [2.45, 2.75) is 17.8 Å². The summed E-state index contributed by atoms with van der Waals surface area (Å²) in [5, 5.41) is 2.39. The van der Waals surface area contributed by atoms with Crippen molar-refractivity contribution in [2.75, 3.05) is 5.88 Å². The maximum Gasteiger partial charge on any atom is 0.224 e. The molecule has 80 valence electrons. The topological polar surface area (TPSA) is 46.2 Å². The molecule has 5 heteroatoms. The number of nitrogens with one attached hydrogen (secondary N) is 1. The molecule has 1 aliphatic carbocycles. The van der Waals surface area contributed by atoms with Crippen molar-refractivity contribution in [2.24, 2.45) is 0 Å². The van der Waals surface area contributed by atoms with Crippen molar-refractivity contribution in [1.29, 1.82) is 0 Å². The van der Waals surface area contributed by atoms with E-state index in [1.807, 2.05) is 0 Å². The Bertz CT molecular complexity index is 387. The molecule has 2 rings (SSSR count). The highest BCUT2D eigenvalue weighted by Crippen LogP contribution is 2.29. The van der Waals surface area contributed by atoms with Crippen molar-refractivity contribution in [3.05, 3.63) is 23.3 Å². The minimum Gasteiger partial charge on any atom is -0.348 e. The standard InChI is InChI=1S/C10H9Cl2NO2/c11-4-8(14)5-1-6-3-9(15)13-10(6)7(12)2-5/h1-2,7,10H,3-4H2,(H,13,15). The summed E-state index contributed by atoms with van der Waals surface area (Å²) in [6.07, 6.45) is 3.68. The van der Waals surface area contributed by atoms with Crippen LogP contribution in [0.15, 0.2) is 23.3 Å². The van der Waals surface area contributed by atoms with E-state index in [4.69, 9.17) is 23.2 Å². The van der Waals surface area contributed by atoms with Gasteiger partial charge in [0.1, 0.15) is 0 Å². The number of amides is 1. The van der Waals surface area contributed by atoms with E-state index < -0.39 is 0 Å². The predicted octanol–water partition coefficient (Wildman–Crippen LogP) is 1.16. The molecule has 2 unspecified atom stereocenters. The van der Waals surface area contributed by atoms with E-state index in [0.717, 1.165) is 5.57 Å². The molecule has 0 spiro atoms. The Kier molecular flexibility index (Phi) is 2.85. The largest absolute Gasteiger partial charge is 0.348 e. The van der Waals surface area contributed by atoms with Crippen LogP contribution in [0.25, 0.3) is 0 Å². The molecule has 15 heavy (non-hydrogen) atoms. The molecule has 1 N–H and O–H groups in total. The van der Waals surface area contributed by atoms with Gasteiger partial charge in [-0.05, 0) is 11.6 Å². The molecular formula is C10H9Cl2NO2. The Balaban J connectivity index is 2.28. The van der Waals surface area contributed by atoms with Gasteiger partial charge >= 0.3 is 0 Å². The molecule has 1 fully saturated rings. The van der Waals surface area contributed by atoms with Gasteiger partial charge < -0.3 is 5.32 Å². The normalized spacial score (nSPS) is 29.1. The number of allylic oxidation sites excluding steroid dienone is 2. The smallest absolute Gasteiger partial charge is 0.224 e. The van der Waals surface area contributed by atoms with Gasteiger partial charge in [-0.1, -0.05) is 6.08 Å². The van der Waals surface area contributed by atoms with Gasteiger partial charge in [0.25, 0.3) is 0 Å². The number of rotatable bonds is 2. The van der Waals surface area contributed by atoms with Crippen LogP contribution in [0.3, 0.4) is 0 Å². The van der Waals surface area contributed by atoms with Gasteiger partial charge in [-0.25, -0.2) is 0 Å². The van der Waals surface area contributed by atoms with Crippen LogP contribution in [-0.4, -0.2) is 29.0 Å². The molecule has 1 saturated heterocycles. The number of alkyl halides is 2. The zero-order chi connectivity index (χ0) is 11.0. The van der Waals surface area contributed by atoms with E-state index in [0.29, 0.717) is 12.0 Å². The van der Waals surface area contributed by atoms with Crippen molar-refractivity contribution in [3.63, 3.8) is 0 Å². The van der Waals surface area contributed by atoms with Crippen LogP contribution in [0.2, 0.25) is 0 Å². The van der Waals surface area contributed by atoms with Crippen LogP contribution >= 0.6 is 23.2 Å². The molecule has 0 aromatic rings. The average molecular weight is 246 g/mol. The van der Waals surface area contributed by atoms with Gasteiger partial charge in [0, 0.05) is 12.0 Å². The third-order valence-corrected chi connectivity index (χ3v) is 3.14. The van der Waals surface area contributed by atoms with Crippen molar-refractivity contribution in [3.8, 4) is 0 Å². The summed E-state index contributed by atoms with van der Waals surface area (Å²) in [7, 11) is 0. The second-order valence-electron chi connectivity index (χ2n) is 3.56. The highest BCUT2D eigenvalue weighted by atomic mass is 35.5. The third-order valence-electron chi connectivity index (χ3n) is 2.52. The number of hydrogen-bond donors (Lipinski definition) is 1. The van der Waals surface area contributed by atoms with Crippen LogP contribution in [0.1, 0.15) is 6.42 Å². The molecule has 2 atom stereocenters. The second kappa shape index (κ2) is 3.99. The van der Waals surface area contributed by atoms with Crippen LogP contribution in [0, 0.1) is 0 Å². The maximum absolute atomic E-state index is 11.4. The van der Waals surface area contributed by atoms with Crippen LogP contribution < -0.4 is 5.32 Å². The third kappa shape index (κ3) is 1.94. The molecule has 0 saturated carbocycles. The van der Waals surface area contributed by atoms with Gasteiger partial charge in [0.2, 0.25) is 5.91 Å². The fourth-order valence-electron chi connectivity index (χ4n) is 1.80. The van der Waals surface area contributed by atoms with Crippen LogP contribution in [-0.2, 0) is 9.59 Å². The average Bonchev–Trinajstić information content (AvgIpc) is 2.58. The summed E-state index contributed by atoms with van der Waals surface area (Å²) in [5.74, 6) is -0.275. The quantitative estimate of drug-likeness (QED) is 0.743. The van der Waals surface area contributed by atoms with E-state index in [-0.39, 0.29) is 29.0 Å². The number of halogens is 2. The minimum atomic E-state index is -0.362. The van der Waals surface area contributed by atoms with E-state index in [2.05, 4.69) is 5.32 Å². The first-order chi connectivity index (χ1) is 7.11. The Labute approximate surface area is 97.1 Å². The predicted molar refractivity (Wildman–Crippen MR) is 58.1 cm³/mol. The summed E-state index contributed by atoms with van der Waals surface area (Å²) < 4.78 is 0. The first-order valence-electron chi connectivity index (χ1n) is 4.56. The molecule has 1 amide bonds. The molecule has 3 nitrogen and oxygen atoms in total. The molecule has 1 heterocycles. The Hall–Kier alpha value is -0.800. The van der Waals surface area contributed by atoms with Gasteiger partial charge in [0.05, 0.1) is 17.3 Å². The molecule has 0 radical (unpaired) electrons. The summed E-state index contributed by atoms with van der Waals surface area (Å²) in [6.45, 7) is 0. The van der Waals surface area contributed by atoms with Gasteiger partial charge in [0.15, 0.2) is 5.78 Å². The zero-order valence-corrected chi connectivity index (χ0v) is 9.31. The lowest BCUT2D eigenvalue weighted by molar-refractivity contribution is -0.119. The molecule has 0 aromatic carbocycles. The fourth-order valence-corrected chi connectivity index (χ4v) is 2.32. The van der Waals surface area contributed by atoms with Gasteiger partial charge in [-0.15, -0.1) is 23.2 Å². The lowest BCUT2D eigenvalue weighted by Crippen LogP contribution is -2.35. The fraction of sp³-hybridized carbons (Fsp3) is 0.400. The van der Waals surface area contributed by atoms with E-state index in [9.17, 15) is 9.59 Å². The number of Topliss-reactive ketones (excluding diaryl/α,β-unsaturated/α-hetero) is 1. The van der Waals surface area contributed by atoms with Crippen LogP contribution in [0.5, 0.6) is 0 Å². The highest BCUT2D eigenvalue weighted by molar-refractivity contribution is 6.31. The molecule has 2 aliphatic rings. The summed E-state index contributed by atoms with van der Waals surface area (Å²) >= 11 is 11.5. The number of hydrogen-bond acceptors (Lipinski definition) is 2. The number of fused-ring (bicyclic) bond motifs is 1. The first-order valence-corrected chi connectivity index (χ1v) is 5.54. The first kappa shape index (κ1) is 10.7. The molecule has 0 aromatic heterocycles. The van der Waals surface area contributed by atoms with Gasteiger partial charge in [-0.2, -0.15) is 0 Å². The van der Waals surface area contributed by atoms with Crippen molar-refractivity contribution in [1.82, 2.24) is 5.32 Å². The van der Waals surface area contributed by atoms with Gasteiger partial charge in [-0.3, -0.25) is 9.59 Å². The highest BCUT2D eigenvalue weighted by Gasteiger charge is 2.34. The number of carbonyl (C=O) groups is 2. The second-order valence-corrected chi connectivity index (χ2v) is 4.34. The molecule has 0 bridgehead atoms. The van der Waals surface area contributed by atoms with Crippen LogP contribution in [0.4, 0.5) is 0 Å². The zero-order valence-electron chi connectivity index (χ0n) is 7.80. The van der Waals surface area contributed by atoms with E-state index in [1.54, 1.807) is 12.2 Å². The lowest BCUT2D eigenvalue weighted by Gasteiger charge is -2.20. The number of carbonyl (C=O) groups excluding carboxylic acids is 2. The monoisotopic (exact) mass is 245 g/mol. The summed E-state index contributed by atoms with van der Waals surface area (Å²) in [6, 6.07) is -0.161. The minimum absolute atomic E-state index is 0.0510. The lowest BCUT2D eigenvalue weighted by atomic mass is 9.93. The molecule has 1 aliphatic heterocycles. The van der Waals surface area contributed by atoms with E-state index >= 15 is 0 Å². The summed E-state index contributed by atoms with van der Waals surface area (Å²) in [5.41, 5.74) is 1.38. The van der Waals surface area contributed by atoms with E-state index in [1.165, 1.54) is 0 Å². The summed E-state index contributed by atoms with van der Waals surface area (Å²) in [4.78, 5) is 22.5. The Morgan fingerprint density at radius 2 is 2.33 bits per heavy atom. The Morgan fingerprint density at radius 1 is 1.60 bits per heavy atom. The number of ketones is 1. The molecular weight excluding hydrogens is 237 g/mol. The Morgan fingerprint density at radius 3 is 3.00 bits per heavy atom.